The van der Waals surface area contributed by atoms with Gasteiger partial charge in [-0.15, -0.1) is 0 Å². The molecule has 1 aliphatic carbocycles. The molecule has 108 valence electrons. The van der Waals surface area contributed by atoms with Gasteiger partial charge < -0.3 is 5.32 Å². The molecule has 6 heteroatoms. The predicted molar refractivity (Wildman–Crippen MR) is 80.1 cm³/mol. The summed E-state index contributed by atoms with van der Waals surface area (Å²) in [5, 5.41) is 7.62. The summed E-state index contributed by atoms with van der Waals surface area (Å²) in [5.74, 6) is -0.191. The summed E-state index contributed by atoms with van der Waals surface area (Å²) in [4.78, 5) is 23.6. The summed E-state index contributed by atoms with van der Waals surface area (Å²) in [6, 6.07) is 10.5. The molecule has 0 bridgehead atoms. The third kappa shape index (κ3) is 3.31. The summed E-state index contributed by atoms with van der Waals surface area (Å²) in [5.41, 5.74) is 0.992. The zero-order chi connectivity index (χ0) is 14.8. The zero-order valence-corrected chi connectivity index (χ0v) is 12.0. The SMILES string of the molecule is O=C(Cn1nc(-c2ccccc2Cl)ccc1=O)NC1CC1. The molecule has 1 aromatic heterocycles. The van der Waals surface area contributed by atoms with E-state index in [9.17, 15) is 9.59 Å². The van der Waals surface area contributed by atoms with E-state index in [1.54, 1.807) is 12.1 Å². The van der Waals surface area contributed by atoms with E-state index in [0.29, 0.717) is 10.7 Å². The summed E-state index contributed by atoms with van der Waals surface area (Å²) < 4.78 is 1.16. The minimum Gasteiger partial charge on any atom is -0.352 e. The molecule has 1 fully saturated rings. The Morgan fingerprint density at radius 3 is 2.76 bits per heavy atom. The zero-order valence-electron chi connectivity index (χ0n) is 11.3. The first-order valence-electron chi connectivity index (χ1n) is 6.76. The van der Waals surface area contributed by atoms with Crippen molar-refractivity contribution in [2.75, 3.05) is 0 Å². The van der Waals surface area contributed by atoms with Crippen LogP contribution in [0.15, 0.2) is 41.2 Å². The van der Waals surface area contributed by atoms with E-state index in [1.165, 1.54) is 6.07 Å². The van der Waals surface area contributed by atoms with Crippen LogP contribution in [0, 0.1) is 0 Å². The molecule has 0 saturated heterocycles. The van der Waals surface area contributed by atoms with E-state index < -0.39 is 0 Å². The summed E-state index contributed by atoms with van der Waals surface area (Å²) >= 11 is 6.13. The molecule has 5 nitrogen and oxygen atoms in total. The minimum absolute atomic E-state index is 0.0758. The van der Waals surface area contributed by atoms with Crippen LogP contribution in [0.5, 0.6) is 0 Å². The first kappa shape index (κ1) is 13.8. The van der Waals surface area contributed by atoms with Crippen molar-refractivity contribution < 1.29 is 4.79 Å². The van der Waals surface area contributed by atoms with Crippen LogP contribution < -0.4 is 10.9 Å². The first-order valence-corrected chi connectivity index (χ1v) is 7.14. The number of rotatable bonds is 4. The van der Waals surface area contributed by atoms with Gasteiger partial charge in [0.05, 0.1) is 10.7 Å². The second-order valence-electron chi connectivity index (χ2n) is 5.04. The Morgan fingerprint density at radius 2 is 2.05 bits per heavy atom. The first-order chi connectivity index (χ1) is 10.1. The third-order valence-corrected chi connectivity index (χ3v) is 3.58. The molecule has 3 rings (SSSR count). The molecule has 1 aliphatic rings. The fourth-order valence-corrected chi connectivity index (χ4v) is 2.24. The van der Waals surface area contributed by atoms with Gasteiger partial charge in [0, 0.05) is 17.7 Å². The van der Waals surface area contributed by atoms with Crippen LogP contribution in [0.4, 0.5) is 0 Å². The largest absolute Gasteiger partial charge is 0.352 e. The van der Waals surface area contributed by atoms with Crippen molar-refractivity contribution >= 4 is 17.5 Å². The lowest BCUT2D eigenvalue weighted by atomic mass is 10.1. The van der Waals surface area contributed by atoms with Crippen molar-refractivity contribution in [3.8, 4) is 11.3 Å². The molecule has 1 aromatic carbocycles. The van der Waals surface area contributed by atoms with Gasteiger partial charge in [-0.3, -0.25) is 9.59 Å². The number of carbonyl (C=O) groups excluding carboxylic acids is 1. The maximum Gasteiger partial charge on any atom is 0.267 e. The molecule has 2 aromatic rings. The predicted octanol–water partition coefficient (Wildman–Crippen LogP) is 1.84. The van der Waals surface area contributed by atoms with E-state index in [-0.39, 0.29) is 24.1 Å². The lowest BCUT2D eigenvalue weighted by Gasteiger charge is -2.08. The van der Waals surface area contributed by atoms with Crippen LogP contribution >= 0.6 is 11.6 Å². The Balaban J connectivity index is 1.87. The lowest BCUT2D eigenvalue weighted by Crippen LogP contribution is -2.34. The number of carbonyl (C=O) groups is 1. The molecular formula is C15H14ClN3O2. The lowest BCUT2D eigenvalue weighted by molar-refractivity contribution is -0.122. The van der Waals surface area contributed by atoms with Gasteiger partial charge in [0.15, 0.2) is 0 Å². The molecule has 1 N–H and O–H groups in total. The van der Waals surface area contributed by atoms with E-state index in [2.05, 4.69) is 10.4 Å². The van der Waals surface area contributed by atoms with Crippen LogP contribution in [0.2, 0.25) is 5.02 Å². The Labute approximate surface area is 126 Å². The second-order valence-corrected chi connectivity index (χ2v) is 5.44. The maximum absolute atomic E-state index is 11.8. The monoisotopic (exact) mass is 303 g/mol. The van der Waals surface area contributed by atoms with Crippen molar-refractivity contribution in [2.45, 2.75) is 25.4 Å². The summed E-state index contributed by atoms with van der Waals surface area (Å²) in [7, 11) is 0. The van der Waals surface area contributed by atoms with Crippen LogP contribution in [-0.2, 0) is 11.3 Å². The number of amides is 1. The molecule has 0 radical (unpaired) electrons. The molecule has 0 atom stereocenters. The highest BCUT2D eigenvalue weighted by molar-refractivity contribution is 6.33. The highest BCUT2D eigenvalue weighted by Crippen LogP contribution is 2.24. The number of nitrogens with zero attached hydrogens (tertiary/aromatic N) is 2. The number of aromatic nitrogens is 2. The minimum atomic E-state index is -0.309. The van der Waals surface area contributed by atoms with Crippen molar-refractivity contribution in [1.82, 2.24) is 15.1 Å². The Kier molecular flexibility index (Phi) is 3.75. The standard InChI is InChI=1S/C15H14ClN3O2/c16-12-4-2-1-3-11(12)13-7-8-15(21)19(18-13)9-14(20)17-10-5-6-10/h1-4,7-8,10H,5-6,9H2,(H,17,20). The Hall–Kier alpha value is -2.14. The summed E-state index contributed by atoms with van der Waals surface area (Å²) in [6.07, 6.45) is 2.02. The van der Waals surface area contributed by atoms with E-state index in [0.717, 1.165) is 23.1 Å². The van der Waals surface area contributed by atoms with Crippen molar-refractivity contribution in [3.63, 3.8) is 0 Å². The molecule has 1 saturated carbocycles. The van der Waals surface area contributed by atoms with E-state index in [4.69, 9.17) is 11.6 Å². The highest BCUT2D eigenvalue weighted by atomic mass is 35.5. The Morgan fingerprint density at radius 1 is 1.29 bits per heavy atom. The van der Waals surface area contributed by atoms with Gasteiger partial charge in [-0.1, -0.05) is 29.8 Å². The highest BCUT2D eigenvalue weighted by Gasteiger charge is 2.23. The average Bonchev–Trinajstić information content (AvgIpc) is 3.26. The van der Waals surface area contributed by atoms with Crippen LogP contribution in [0.3, 0.4) is 0 Å². The van der Waals surface area contributed by atoms with Crippen LogP contribution in [0.1, 0.15) is 12.8 Å². The maximum atomic E-state index is 11.8. The number of hydrogen-bond acceptors (Lipinski definition) is 3. The fraction of sp³-hybridized carbons (Fsp3) is 0.267. The van der Waals surface area contributed by atoms with E-state index in [1.807, 2.05) is 18.2 Å². The number of nitrogens with one attached hydrogen (secondary N) is 1. The van der Waals surface area contributed by atoms with Crippen molar-refractivity contribution in [3.05, 3.63) is 51.8 Å². The number of benzene rings is 1. The van der Waals surface area contributed by atoms with Gasteiger partial charge in [-0.05, 0) is 25.0 Å². The summed E-state index contributed by atoms with van der Waals surface area (Å²) in [6.45, 7) is -0.0758. The topological polar surface area (TPSA) is 64.0 Å². The molecule has 0 unspecified atom stereocenters. The van der Waals surface area contributed by atoms with Gasteiger partial charge in [-0.2, -0.15) is 5.10 Å². The molecule has 0 spiro atoms. The van der Waals surface area contributed by atoms with Gasteiger partial charge in [0.2, 0.25) is 5.91 Å². The number of halogens is 1. The molecule has 21 heavy (non-hydrogen) atoms. The van der Waals surface area contributed by atoms with Crippen molar-refractivity contribution in [2.24, 2.45) is 0 Å². The van der Waals surface area contributed by atoms with Gasteiger partial charge >= 0.3 is 0 Å². The normalized spacial score (nSPS) is 14.0. The second kappa shape index (κ2) is 5.69. The number of hydrogen-bond donors (Lipinski definition) is 1. The molecular weight excluding hydrogens is 290 g/mol. The van der Waals surface area contributed by atoms with Crippen LogP contribution in [-0.4, -0.2) is 21.7 Å². The van der Waals surface area contributed by atoms with Gasteiger partial charge in [0.1, 0.15) is 6.54 Å². The molecule has 0 aliphatic heterocycles. The van der Waals surface area contributed by atoms with Gasteiger partial charge in [-0.25, -0.2) is 4.68 Å². The average molecular weight is 304 g/mol. The van der Waals surface area contributed by atoms with Crippen LogP contribution in [0.25, 0.3) is 11.3 Å². The Bertz CT molecular complexity index is 738. The smallest absolute Gasteiger partial charge is 0.267 e. The molecule has 1 amide bonds. The molecule has 1 heterocycles. The quantitative estimate of drug-likeness (QED) is 0.937. The third-order valence-electron chi connectivity index (χ3n) is 3.25. The van der Waals surface area contributed by atoms with Crippen molar-refractivity contribution in [1.29, 1.82) is 0 Å². The van der Waals surface area contributed by atoms with E-state index >= 15 is 0 Å². The fourth-order valence-electron chi connectivity index (χ4n) is 2.01. The van der Waals surface area contributed by atoms with Gasteiger partial charge in [0.25, 0.3) is 5.56 Å².